The Bertz CT molecular complexity index is 315. The van der Waals surface area contributed by atoms with Gasteiger partial charge in [-0.3, -0.25) is 0 Å². The molecule has 0 atom stereocenters. The van der Waals surface area contributed by atoms with Crippen molar-refractivity contribution < 1.29 is 14.2 Å². The van der Waals surface area contributed by atoms with Crippen molar-refractivity contribution in [1.29, 1.82) is 0 Å². The van der Waals surface area contributed by atoms with Gasteiger partial charge in [0.25, 0.3) is 0 Å². The molecule has 0 fully saturated rings. The van der Waals surface area contributed by atoms with Gasteiger partial charge in [0.1, 0.15) is 23.8 Å². The summed E-state index contributed by atoms with van der Waals surface area (Å²) in [6, 6.07) is 5.51. The van der Waals surface area contributed by atoms with Crippen LogP contribution in [0.2, 0.25) is 0 Å². The number of anilines is 1. The molecule has 0 unspecified atom stereocenters. The number of rotatable bonds is 7. The highest BCUT2D eigenvalue weighted by Gasteiger charge is 2.06. The van der Waals surface area contributed by atoms with Crippen LogP contribution in [0.1, 0.15) is 13.8 Å². The van der Waals surface area contributed by atoms with Crippen LogP contribution in [-0.4, -0.2) is 26.4 Å². The molecular formula is C12H19NO3. The van der Waals surface area contributed by atoms with Gasteiger partial charge in [-0.05, 0) is 26.0 Å². The fourth-order valence-electron chi connectivity index (χ4n) is 1.29. The lowest BCUT2D eigenvalue weighted by atomic mass is 10.3. The summed E-state index contributed by atoms with van der Waals surface area (Å²) in [5.41, 5.74) is 6.44. The van der Waals surface area contributed by atoms with Crippen molar-refractivity contribution in [3.8, 4) is 11.5 Å². The molecule has 0 amide bonds. The van der Waals surface area contributed by atoms with Gasteiger partial charge in [-0.2, -0.15) is 0 Å². The van der Waals surface area contributed by atoms with E-state index in [1.165, 1.54) is 0 Å². The van der Waals surface area contributed by atoms with E-state index >= 15 is 0 Å². The van der Waals surface area contributed by atoms with E-state index < -0.39 is 0 Å². The molecule has 1 aromatic carbocycles. The number of benzene rings is 1. The Labute approximate surface area is 96.3 Å². The van der Waals surface area contributed by atoms with Crippen LogP contribution in [0.15, 0.2) is 18.2 Å². The van der Waals surface area contributed by atoms with E-state index in [2.05, 4.69) is 0 Å². The third kappa shape index (κ3) is 3.62. The predicted octanol–water partition coefficient (Wildman–Crippen LogP) is 2.08. The Morgan fingerprint density at radius 1 is 1.00 bits per heavy atom. The number of hydrogen-bond donors (Lipinski definition) is 1. The molecule has 0 aliphatic carbocycles. The van der Waals surface area contributed by atoms with E-state index in [4.69, 9.17) is 19.9 Å². The molecule has 90 valence electrons. The second kappa shape index (κ2) is 6.95. The zero-order valence-electron chi connectivity index (χ0n) is 9.86. The minimum absolute atomic E-state index is 0.494. The van der Waals surface area contributed by atoms with Crippen molar-refractivity contribution in [2.24, 2.45) is 0 Å². The summed E-state index contributed by atoms with van der Waals surface area (Å²) in [7, 11) is 0. The Balaban J connectivity index is 2.55. The molecule has 0 bridgehead atoms. The van der Waals surface area contributed by atoms with Crippen molar-refractivity contribution in [2.75, 3.05) is 32.2 Å². The third-order valence-corrected chi connectivity index (χ3v) is 2.02. The van der Waals surface area contributed by atoms with Gasteiger partial charge < -0.3 is 19.9 Å². The van der Waals surface area contributed by atoms with Gasteiger partial charge in [0.05, 0.1) is 13.2 Å². The first-order valence-corrected chi connectivity index (χ1v) is 5.51. The second-order valence-electron chi connectivity index (χ2n) is 3.15. The van der Waals surface area contributed by atoms with Crippen molar-refractivity contribution >= 4 is 5.69 Å². The Morgan fingerprint density at radius 3 is 2.31 bits per heavy atom. The lowest BCUT2D eigenvalue weighted by Crippen LogP contribution is -2.08. The average Bonchev–Trinajstić information content (AvgIpc) is 2.29. The molecule has 0 spiro atoms. The molecule has 0 saturated carbocycles. The molecule has 4 nitrogen and oxygen atoms in total. The normalized spacial score (nSPS) is 10.1. The standard InChI is InChI=1S/C12H19NO3/c1-3-14-8-9-16-11-7-5-6-10(12(11)13)15-4-2/h5-7H,3-4,8-9,13H2,1-2H3. The van der Waals surface area contributed by atoms with Crippen LogP contribution in [-0.2, 0) is 4.74 Å². The highest BCUT2D eigenvalue weighted by molar-refractivity contribution is 5.62. The number of ether oxygens (including phenoxy) is 3. The first kappa shape index (κ1) is 12.6. The topological polar surface area (TPSA) is 53.7 Å². The smallest absolute Gasteiger partial charge is 0.146 e. The molecule has 0 radical (unpaired) electrons. The lowest BCUT2D eigenvalue weighted by Gasteiger charge is -2.12. The molecule has 4 heteroatoms. The largest absolute Gasteiger partial charge is 0.492 e. The van der Waals surface area contributed by atoms with Gasteiger partial charge in [-0.25, -0.2) is 0 Å². The van der Waals surface area contributed by atoms with Gasteiger partial charge in [0.2, 0.25) is 0 Å². The number of para-hydroxylation sites is 1. The zero-order chi connectivity index (χ0) is 11.8. The molecule has 0 aliphatic heterocycles. The number of nitrogen functional groups attached to an aromatic ring is 1. The van der Waals surface area contributed by atoms with Crippen LogP contribution < -0.4 is 15.2 Å². The molecule has 1 aromatic rings. The summed E-state index contributed by atoms with van der Waals surface area (Å²) in [4.78, 5) is 0. The summed E-state index contributed by atoms with van der Waals surface area (Å²) >= 11 is 0. The van der Waals surface area contributed by atoms with E-state index in [-0.39, 0.29) is 0 Å². The van der Waals surface area contributed by atoms with E-state index in [9.17, 15) is 0 Å². The first-order chi connectivity index (χ1) is 7.79. The third-order valence-electron chi connectivity index (χ3n) is 2.02. The van der Waals surface area contributed by atoms with Gasteiger partial charge in [0.15, 0.2) is 0 Å². The minimum atomic E-state index is 0.494. The quantitative estimate of drug-likeness (QED) is 0.570. The molecular weight excluding hydrogens is 206 g/mol. The van der Waals surface area contributed by atoms with Crippen LogP contribution in [0.3, 0.4) is 0 Å². The summed E-state index contributed by atoms with van der Waals surface area (Å²) in [5, 5.41) is 0. The predicted molar refractivity (Wildman–Crippen MR) is 64.0 cm³/mol. The lowest BCUT2D eigenvalue weighted by molar-refractivity contribution is 0.110. The van der Waals surface area contributed by atoms with Crippen LogP contribution in [0, 0.1) is 0 Å². The van der Waals surface area contributed by atoms with E-state index in [0.717, 1.165) is 0 Å². The van der Waals surface area contributed by atoms with Crippen molar-refractivity contribution in [3.63, 3.8) is 0 Å². The van der Waals surface area contributed by atoms with Crippen molar-refractivity contribution in [2.45, 2.75) is 13.8 Å². The fourth-order valence-corrected chi connectivity index (χ4v) is 1.29. The highest BCUT2D eigenvalue weighted by Crippen LogP contribution is 2.31. The average molecular weight is 225 g/mol. The second-order valence-corrected chi connectivity index (χ2v) is 3.15. The van der Waals surface area contributed by atoms with Gasteiger partial charge in [0, 0.05) is 6.61 Å². The van der Waals surface area contributed by atoms with Crippen LogP contribution in [0.5, 0.6) is 11.5 Å². The minimum Gasteiger partial charge on any atom is -0.492 e. The Kier molecular flexibility index (Phi) is 5.50. The van der Waals surface area contributed by atoms with E-state index in [1.54, 1.807) is 0 Å². The number of hydrogen-bond acceptors (Lipinski definition) is 4. The molecule has 0 aromatic heterocycles. The summed E-state index contributed by atoms with van der Waals surface area (Å²) < 4.78 is 16.0. The molecule has 16 heavy (non-hydrogen) atoms. The Hall–Kier alpha value is -1.42. The van der Waals surface area contributed by atoms with Crippen molar-refractivity contribution in [1.82, 2.24) is 0 Å². The van der Waals surface area contributed by atoms with Gasteiger partial charge in [-0.1, -0.05) is 6.07 Å². The van der Waals surface area contributed by atoms with Crippen molar-refractivity contribution in [3.05, 3.63) is 18.2 Å². The summed E-state index contributed by atoms with van der Waals surface area (Å²) in [6.45, 7) is 6.21. The molecule has 0 saturated heterocycles. The molecule has 1 rings (SSSR count). The first-order valence-electron chi connectivity index (χ1n) is 5.51. The molecule has 2 N–H and O–H groups in total. The maximum Gasteiger partial charge on any atom is 0.146 e. The Morgan fingerprint density at radius 2 is 1.69 bits per heavy atom. The van der Waals surface area contributed by atoms with E-state index in [0.29, 0.717) is 43.6 Å². The fraction of sp³-hybridized carbons (Fsp3) is 0.500. The zero-order valence-corrected chi connectivity index (χ0v) is 9.86. The summed E-state index contributed by atoms with van der Waals surface area (Å²) in [5.74, 6) is 1.31. The van der Waals surface area contributed by atoms with Gasteiger partial charge in [-0.15, -0.1) is 0 Å². The van der Waals surface area contributed by atoms with Crippen LogP contribution in [0.4, 0.5) is 5.69 Å². The highest BCUT2D eigenvalue weighted by atomic mass is 16.5. The SMILES string of the molecule is CCOCCOc1cccc(OCC)c1N. The maximum absolute atomic E-state index is 5.89. The maximum atomic E-state index is 5.89. The van der Waals surface area contributed by atoms with Crippen LogP contribution >= 0.6 is 0 Å². The molecule has 0 aliphatic rings. The van der Waals surface area contributed by atoms with E-state index in [1.807, 2.05) is 32.0 Å². The number of nitrogens with two attached hydrogens (primary N) is 1. The monoisotopic (exact) mass is 225 g/mol. The molecule has 0 heterocycles. The summed E-state index contributed by atoms with van der Waals surface area (Å²) in [6.07, 6.45) is 0. The van der Waals surface area contributed by atoms with Gasteiger partial charge >= 0.3 is 0 Å². The van der Waals surface area contributed by atoms with Crippen LogP contribution in [0.25, 0.3) is 0 Å².